The molecule has 0 saturated carbocycles. The molecule has 0 N–H and O–H groups in total. The Bertz CT molecular complexity index is 492. The lowest BCUT2D eigenvalue weighted by Gasteiger charge is -2.17. The molecule has 1 aromatic carbocycles. The van der Waals surface area contributed by atoms with Crippen LogP contribution >= 0.6 is 11.6 Å². The van der Waals surface area contributed by atoms with Crippen LogP contribution in [0.25, 0.3) is 10.4 Å². The van der Waals surface area contributed by atoms with Gasteiger partial charge in [-0.3, -0.25) is 0 Å². The number of rotatable bonds is 3. The number of likely N-dealkylation sites (N-methyl/N-ethyl adjacent to an activating group) is 1. The average molecular weight is 271 g/mol. The van der Waals surface area contributed by atoms with Crippen molar-refractivity contribution in [1.82, 2.24) is 4.90 Å². The van der Waals surface area contributed by atoms with Crippen LogP contribution in [0.2, 0.25) is 5.02 Å². The number of hydrogen-bond donors (Lipinski definition) is 0. The highest BCUT2D eigenvalue weighted by atomic mass is 35.5. The van der Waals surface area contributed by atoms with Crippen molar-refractivity contribution in [1.29, 1.82) is 0 Å². The summed E-state index contributed by atoms with van der Waals surface area (Å²) in [6.45, 7) is 1.26. The van der Waals surface area contributed by atoms with E-state index in [1.807, 2.05) is 11.9 Å². The monoisotopic (exact) mass is 270 g/mol. The summed E-state index contributed by atoms with van der Waals surface area (Å²) in [4.78, 5) is 4.80. The average Bonchev–Trinajstić information content (AvgIpc) is 2.65. The standard InChI is InChI=1S/C11H12ClFN4O/c1-17-5-10(15-16-14)11(6-17)18-7-2-3-8(12)9(13)4-7/h2-4,10-11H,5-6H2,1H3/t10-,11-/m0/s1. The predicted octanol–water partition coefficient (Wildman–Crippen LogP) is 2.85. The van der Waals surface area contributed by atoms with Crippen LogP contribution in [-0.2, 0) is 0 Å². The maximum atomic E-state index is 13.3. The van der Waals surface area contributed by atoms with E-state index < -0.39 is 5.82 Å². The first-order valence-corrected chi connectivity index (χ1v) is 5.82. The highest BCUT2D eigenvalue weighted by molar-refractivity contribution is 6.30. The Hall–Kier alpha value is -1.49. The second-order valence-electron chi connectivity index (χ2n) is 4.23. The third-order valence-corrected chi connectivity index (χ3v) is 3.10. The van der Waals surface area contributed by atoms with E-state index >= 15 is 0 Å². The van der Waals surface area contributed by atoms with Gasteiger partial charge in [0.05, 0.1) is 11.1 Å². The summed E-state index contributed by atoms with van der Waals surface area (Å²) in [5.41, 5.74) is 8.48. The number of hydrogen-bond acceptors (Lipinski definition) is 3. The van der Waals surface area contributed by atoms with Gasteiger partial charge < -0.3 is 9.64 Å². The number of nitrogens with zero attached hydrogens (tertiary/aromatic N) is 4. The Morgan fingerprint density at radius 3 is 3.00 bits per heavy atom. The molecule has 7 heteroatoms. The SMILES string of the molecule is CN1C[C@H](N=[N+]=[N-])[C@@H](Oc2ccc(Cl)c(F)c2)C1. The molecule has 1 aliphatic heterocycles. The first kappa shape index (κ1) is 13.0. The molecular weight excluding hydrogens is 259 g/mol. The summed E-state index contributed by atoms with van der Waals surface area (Å²) >= 11 is 5.59. The summed E-state index contributed by atoms with van der Waals surface area (Å²) in [6.07, 6.45) is -0.272. The zero-order valence-electron chi connectivity index (χ0n) is 9.75. The molecule has 18 heavy (non-hydrogen) atoms. The first-order valence-electron chi connectivity index (χ1n) is 5.44. The lowest BCUT2D eigenvalue weighted by Crippen LogP contribution is -2.28. The van der Waals surface area contributed by atoms with Gasteiger partial charge in [0.1, 0.15) is 17.7 Å². The molecule has 0 bridgehead atoms. The van der Waals surface area contributed by atoms with E-state index in [2.05, 4.69) is 10.0 Å². The quantitative estimate of drug-likeness (QED) is 0.482. The zero-order valence-corrected chi connectivity index (χ0v) is 10.5. The number of azide groups is 1. The summed E-state index contributed by atoms with van der Waals surface area (Å²) in [7, 11) is 1.91. The van der Waals surface area contributed by atoms with Crippen LogP contribution < -0.4 is 4.74 Å². The fourth-order valence-electron chi connectivity index (χ4n) is 1.96. The van der Waals surface area contributed by atoms with Gasteiger partial charge >= 0.3 is 0 Å². The number of benzene rings is 1. The van der Waals surface area contributed by atoms with Crippen LogP contribution in [0.3, 0.4) is 0 Å². The largest absolute Gasteiger partial charge is 0.489 e. The van der Waals surface area contributed by atoms with Gasteiger partial charge in [0.25, 0.3) is 0 Å². The maximum absolute atomic E-state index is 13.3. The van der Waals surface area contributed by atoms with Crippen LogP contribution in [-0.4, -0.2) is 37.2 Å². The van der Waals surface area contributed by atoms with Crippen molar-refractivity contribution < 1.29 is 9.13 Å². The molecule has 0 amide bonds. The smallest absolute Gasteiger partial charge is 0.145 e. The Morgan fingerprint density at radius 2 is 2.33 bits per heavy atom. The van der Waals surface area contributed by atoms with Crippen molar-refractivity contribution in [3.8, 4) is 5.75 Å². The zero-order chi connectivity index (χ0) is 13.1. The molecule has 5 nitrogen and oxygen atoms in total. The van der Waals surface area contributed by atoms with E-state index in [0.717, 1.165) is 0 Å². The second kappa shape index (κ2) is 5.44. The van der Waals surface area contributed by atoms with Gasteiger partial charge in [0.15, 0.2) is 0 Å². The van der Waals surface area contributed by atoms with Gasteiger partial charge in [-0.1, -0.05) is 16.7 Å². The molecule has 1 aliphatic rings. The minimum Gasteiger partial charge on any atom is -0.489 e. The van der Waals surface area contributed by atoms with E-state index in [1.165, 1.54) is 12.1 Å². The fourth-order valence-corrected chi connectivity index (χ4v) is 2.08. The van der Waals surface area contributed by atoms with Crippen molar-refractivity contribution >= 4 is 11.6 Å². The molecule has 0 aromatic heterocycles. The van der Waals surface area contributed by atoms with Gasteiger partial charge in [0.2, 0.25) is 0 Å². The molecule has 96 valence electrons. The molecule has 1 heterocycles. The van der Waals surface area contributed by atoms with Gasteiger partial charge in [-0.05, 0) is 24.7 Å². The number of likely N-dealkylation sites (tertiary alicyclic amines) is 1. The van der Waals surface area contributed by atoms with E-state index in [0.29, 0.717) is 18.8 Å². The molecular formula is C11H12ClFN4O. The normalized spacial score (nSPS) is 23.7. The Labute approximate surface area is 109 Å². The minimum atomic E-state index is -0.527. The van der Waals surface area contributed by atoms with E-state index in [9.17, 15) is 4.39 Å². The maximum Gasteiger partial charge on any atom is 0.145 e. The van der Waals surface area contributed by atoms with E-state index in [4.69, 9.17) is 21.9 Å². The first-order chi connectivity index (χ1) is 8.60. The highest BCUT2D eigenvalue weighted by Gasteiger charge is 2.31. The lowest BCUT2D eigenvalue weighted by molar-refractivity contribution is 0.194. The van der Waals surface area contributed by atoms with E-state index in [-0.39, 0.29) is 17.2 Å². The molecule has 2 atom stereocenters. The van der Waals surface area contributed by atoms with Gasteiger partial charge in [-0.2, -0.15) is 0 Å². The molecule has 1 saturated heterocycles. The fraction of sp³-hybridized carbons (Fsp3) is 0.455. The van der Waals surface area contributed by atoms with Crippen LogP contribution in [0.1, 0.15) is 0 Å². The van der Waals surface area contributed by atoms with Crippen LogP contribution in [0.4, 0.5) is 4.39 Å². The Kier molecular flexibility index (Phi) is 3.91. The molecule has 1 fully saturated rings. The van der Waals surface area contributed by atoms with Gasteiger partial charge in [-0.25, -0.2) is 4.39 Å². The predicted molar refractivity (Wildman–Crippen MR) is 66.3 cm³/mol. The molecule has 1 aromatic rings. The molecule has 2 rings (SSSR count). The summed E-state index contributed by atoms with van der Waals surface area (Å²) in [6, 6.07) is 4.00. The van der Waals surface area contributed by atoms with Crippen molar-refractivity contribution in [3.05, 3.63) is 39.5 Å². The Morgan fingerprint density at radius 1 is 1.56 bits per heavy atom. The Balaban J connectivity index is 2.12. The number of halogens is 2. The third kappa shape index (κ3) is 2.85. The topological polar surface area (TPSA) is 61.2 Å². The number of ether oxygens (including phenoxy) is 1. The second-order valence-corrected chi connectivity index (χ2v) is 4.63. The summed E-state index contributed by atoms with van der Waals surface area (Å²) in [5, 5.41) is 3.74. The van der Waals surface area contributed by atoms with Crippen LogP contribution in [0.5, 0.6) is 5.75 Å². The molecule has 0 radical (unpaired) electrons. The van der Waals surface area contributed by atoms with Crippen molar-refractivity contribution in [2.24, 2.45) is 5.11 Å². The molecule has 0 aliphatic carbocycles. The van der Waals surface area contributed by atoms with Gasteiger partial charge in [-0.15, -0.1) is 0 Å². The third-order valence-electron chi connectivity index (χ3n) is 2.80. The lowest BCUT2D eigenvalue weighted by atomic mass is 10.2. The van der Waals surface area contributed by atoms with Gasteiger partial charge in [0, 0.05) is 24.1 Å². The van der Waals surface area contributed by atoms with Crippen molar-refractivity contribution in [2.75, 3.05) is 20.1 Å². The summed E-state index contributed by atoms with van der Waals surface area (Å²) in [5.74, 6) is -0.142. The van der Waals surface area contributed by atoms with Crippen molar-refractivity contribution in [3.63, 3.8) is 0 Å². The summed E-state index contributed by atoms with van der Waals surface area (Å²) < 4.78 is 18.9. The highest BCUT2D eigenvalue weighted by Crippen LogP contribution is 2.24. The van der Waals surface area contributed by atoms with Crippen LogP contribution in [0.15, 0.2) is 23.3 Å². The van der Waals surface area contributed by atoms with E-state index in [1.54, 1.807) is 6.07 Å². The minimum absolute atomic E-state index is 0.0532. The van der Waals surface area contributed by atoms with Crippen molar-refractivity contribution in [2.45, 2.75) is 12.1 Å². The van der Waals surface area contributed by atoms with Crippen LogP contribution in [0, 0.1) is 5.82 Å². The molecule has 0 spiro atoms. The molecule has 0 unspecified atom stereocenters.